The molecule has 0 saturated carbocycles. The summed E-state index contributed by atoms with van der Waals surface area (Å²) in [6.45, 7) is 8.23. The molecule has 1 aromatic carbocycles. The third kappa shape index (κ3) is 6.21. The molecular formula is C28H35N5OS. The first-order chi connectivity index (χ1) is 17.1. The Hall–Kier alpha value is -3.34. The average Bonchev–Trinajstić information content (AvgIpc) is 3.56. The number of nitriles is 1. The van der Waals surface area contributed by atoms with Gasteiger partial charge in [-0.15, -0.1) is 11.3 Å². The maximum atomic E-state index is 12.3. The predicted octanol–water partition coefficient (Wildman–Crippen LogP) is 5.59. The third-order valence-electron chi connectivity index (χ3n) is 6.42. The second-order valence-corrected chi connectivity index (χ2v) is 9.34. The summed E-state index contributed by atoms with van der Waals surface area (Å²) >= 11 is 1.74. The fourth-order valence-electron chi connectivity index (χ4n) is 4.61. The van der Waals surface area contributed by atoms with Gasteiger partial charge < -0.3 is 20.8 Å². The van der Waals surface area contributed by atoms with Crippen LogP contribution in [0.25, 0.3) is 11.1 Å². The van der Waals surface area contributed by atoms with Gasteiger partial charge in [0.15, 0.2) is 0 Å². The van der Waals surface area contributed by atoms with Crippen molar-refractivity contribution in [3.8, 4) is 17.2 Å². The fourth-order valence-corrected chi connectivity index (χ4v) is 5.81. The predicted molar refractivity (Wildman–Crippen MR) is 146 cm³/mol. The molecule has 0 spiro atoms. The lowest BCUT2D eigenvalue weighted by Crippen LogP contribution is -2.35. The maximum Gasteiger partial charge on any atom is 0.125 e. The van der Waals surface area contributed by atoms with Crippen LogP contribution in [0.15, 0.2) is 54.0 Å². The lowest BCUT2D eigenvalue weighted by atomic mass is 9.73. The number of anilines is 1. The molecule has 7 heteroatoms. The standard InChI is InChI=1S/C26H27N3OS.CH5N.CH3N/c1-3-4-10-26(18-29(15-23(26)16-30)24-9-8-19(2)28-14-24)25-12-22(17-31-25)21-7-5-6-20(11-21)13-27;2*1-2/h5-9,11-12,14,16-17,23H,3-4,10,15,18H2,1-2H3;2H2,1H3;2H,1H2. The largest absolute Gasteiger partial charge is 0.369 e. The summed E-state index contributed by atoms with van der Waals surface area (Å²) in [6, 6.07) is 16.3. The van der Waals surface area contributed by atoms with E-state index in [0.29, 0.717) is 5.56 Å². The second-order valence-electron chi connectivity index (χ2n) is 8.43. The maximum absolute atomic E-state index is 12.3. The summed E-state index contributed by atoms with van der Waals surface area (Å²) in [5.41, 5.74) is 9.21. The van der Waals surface area contributed by atoms with Crippen molar-refractivity contribution in [2.24, 2.45) is 11.7 Å². The first-order valence-electron chi connectivity index (χ1n) is 11.7. The average molecular weight is 490 g/mol. The van der Waals surface area contributed by atoms with Crippen molar-refractivity contribution in [3.05, 3.63) is 70.2 Å². The Balaban J connectivity index is 0.00000103. The van der Waals surface area contributed by atoms with Crippen molar-refractivity contribution in [1.82, 2.24) is 4.98 Å². The van der Waals surface area contributed by atoms with Crippen molar-refractivity contribution in [2.75, 3.05) is 25.0 Å². The summed E-state index contributed by atoms with van der Waals surface area (Å²) in [5.74, 6) is -0.0581. The molecule has 0 amide bonds. The summed E-state index contributed by atoms with van der Waals surface area (Å²) in [7, 11) is 1.50. The van der Waals surface area contributed by atoms with Crippen LogP contribution in [0.5, 0.6) is 0 Å². The highest BCUT2D eigenvalue weighted by Gasteiger charge is 2.48. The molecule has 184 valence electrons. The van der Waals surface area contributed by atoms with Crippen LogP contribution in [-0.4, -0.2) is 38.1 Å². The Bertz CT molecular complexity index is 1120. The molecule has 3 aromatic rings. The van der Waals surface area contributed by atoms with E-state index in [1.165, 1.54) is 11.9 Å². The minimum atomic E-state index is -0.196. The molecule has 2 atom stereocenters. The lowest BCUT2D eigenvalue weighted by molar-refractivity contribution is -0.112. The van der Waals surface area contributed by atoms with E-state index in [1.807, 2.05) is 43.5 Å². The fraction of sp³-hybridized carbons (Fsp3) is 0.357. The van der Waals surface area contributed by atoms with Crippen molar-refractivity contribution in [2.45, 2.75) is 38.5 Å². The Morgan fingerprint density at radius 1 is 1.29 bits per heavy atom. The van der Waals surface area contributed by atoms with E-state index in [0.717, 1.165) is 61.1 Å². The molecule has 0 aliphatic carbocycles. The number of unbranched alkanes of at least 4 members (excludes halogenated alkanes) is 1. The molecule has 2 aromatic heterocycles. The molecule has 0 radical (unpaired) electrons. The van der Waals surface area contributed by atoms with Crippen molar-refractivity contribution < 1.29 is 4.79 Å². The van der Waals surface area contributed by atoms with Gasteiger partial charge in [-0.05, 0) is 73.9 Å². The molecule has 1 saturated heterocycles. The molecule has 1 fully saturated rings. The Morgan fingerprint density at radius 2 is 2.06 bits per heavy atom. The van der Waals surface area contributed by atoms with E-state index in [1.54, 1.807) is 11.3 Å². The van der Waals surface area contributed by atoms with Crippen LogP contribution >= 0.6 is 11.3 Å². The number of carbonyl (C=O) groups is 1. The smallest absolute Gasteiger partial charge is 0.125 e. The zero-order chi connectivity index (χ0) is 25.8. The summed E-state index contributed by atoms with van der Waals surface area (Å²) < 4.78 is 0. The highest BCUT2D eigenvalue weighted by Crippen LogP contribution is 2.47. The number of aldehydes is 1. The minimum Gasteiger partial charge on any atom is -0.369 e. The van der Waals surface area contributed by atoms with Crippen molar-refractivity contribution >= 4 is 30.0 Å². The van der Waals surface area contributed by atoms with Gasteiger partial charge in [-0.3, -0.25) is 4.98 Å². The lowest BCUT2D eigenvalue weighted by Gasteiger charge is -2.31. The van der Waals surface area contributed by atoms with Crippen molar-refractivity contribution in [1.29, 1.82) is 10.7 Å². The normalized spacial score (nSPS) is 18.5. The van der Waals surface area contributed by atoms with Gasteiger partial charge in [0.25, 0.3) is 0 Å². The number of benzene rings is 1. The number of rotatable bonds is 7. The second kappa shape index (κ2) is 13.5. The van der Waals surface area contributed by atoms with Crippen LogP contribution in [0.2, 0.25) is 0 Å². The molecule has 4 rings (SSSR count). The number of hydrogen-bond acceptors (Lipinski definition) is 7. The summed E-state index contributed by atoms with van der Waals surface area (Å²) in [6.07, 6.45) is 6.25. The Kier molecular flexibility index (Phi) is 10.8. The SMILES string of the molecule is C=N.CCCCC1(c2cc(-c3cccc(C#N)c3)cs2)CN(c2ccc(C)nc2)CC1C=O.CN. The monoisotopic (exact) mass is 489 g/mol. The van der Waals surface area contributed by atoms with E-state index in [9.17, 15) is 10.1 Å². The number of pyridine rings is 1. The quantitative estimate of drug-likeness (QED) is 0.332. The number of aryl methyl sites for hydroxylation is 1. The number of nitrogens with zero attached hydrogens (tertiary/aromatic N) is 3. The summed E-state index contributed by atoms with van der Waals surface area (Å²) in [5, 5.41) is 16.9. The van der Waals surface area contributed by atoms with E-state index in [2.05, 4.69) is 52.8 Å². The highest BCUT2D eigenvalue weighted by atomic mass is 32.1. The van der Waals surface area contributed by atoms with Crippen LogP contribution in [0.1, 0.15) is 42.3 Å². The molecule has 3 N–H and O–H groups in total. The molecule has 6 nitrogen and oxygen atoms in total. The molecule has 2 unspecified atom stereocenters. The van der Waals surface area contributed by atoms with Crippen LogP contribution in [0.4, 0.5) is 5.69 Å². The highest BCUT2D eigenvalue weighted by molar-refractivity contribution is 7.10. The van der Waals surface area contributed by atoms with Gasteiger partial charge >= 0.3 is 0 Å². The molecule has 3 heterocycles. The van der Waals surface area contributed by atoms with Crippen LogP contribution < -0.4 is 10.6 Å². The molecule has 35 heavy (non-hydrogen) atoms. The molecular weight excluding hydrogens is 454 g/mol. The minimum absolute atomic E-state index is 0.0581. The molecule has 0 bridgehead atoms. The summed E-state index contributed by atoms with van der Waals surface area (Å²) in [4.78, 5) is 20.3. The molecule has 1 aliphatic rings. The molecule has 1 aliphatic heterocycles. The van der Waals surface area contributed by atoms with Crippen LogP contribution in [0.3, 0.4) is 0 Å². The number of thiophene rings is 1. The Labute approximate surface area is 212 Å². The van der Waals surface area contributed by atoms with Gasteiger partial charge in [0.1, 0.15) is 6.29 Å². The first kappa shape index (κ1) is 27.9. The number of nitrogens with one attached hydrogen (secondary N) is 1. The van der Waals surface area contributed by atoms with Gasteiger partial charge in [-0.1, -0.05) is 31.9 Å². The van der Waals surface area contributed by atoms with Crippen LogP contribution in [-0.2, 0) is 10.2 Å². The van der Waals surface area contributed by atoms with E-state index >= 15 is 0 Å². The number of hydrogen-bond donors (Lipinski definition) is 2. The van der Waals surface area contributed by atoms with Gasteiger partial charge in [0, 0.05) is 35.0 Å². The van der Waals surface area contributed by atoms with Gasteiger partial charge in [0.05, 0.1) is 23.5 Å². The van der Waals surface area contributed by atoms with Gasteiger partial charge in [-0.2, -0.15) is 5.26 Å². The zero-order valence-electron chi connectivity index (χ0n) is 20.8. The number of aromatic nitrogens is 1. The van der Waals surface area contributed by atoms with Gasteiger partial charge in [0.2, 0.25) is 0 Å². The van der Waals surface area contributed by atoms with E-state index in [4.69, 9.17) is 5.41 Å². The van der Waals surface area contributed by atoms with Crippen molar-refractivity contribution in [3.63, 3.8) is 0 Å². The topological polar surface area (TPSA) is 107 Å². The van der Waals surface area contributed by atoms with Gasteiger partial charge in [-0.25, -0.2) is 0 Å². The number of nitrogens with two attached hydrogens (primary N) is 1. The number of carbonyl (C=O) groups excluding carboxylic acids is 1. The van der Waals surface area contributed by atoms with E-state index in [-0.39, 0.29) is 11.3 Å². The van der Waals surface area contributed by atoms with Crippen LogP contribution in [0, 0.1) is 29.6 Å². The zero-order valence-corrected chi connectivity index (χ0v) is 21.6. The Morgan fingerprint density at radius 3 is 2.69 bits per heavy atom. The third-order valence-corrected chi connectivity index (χ3v) is 7.57. The first-order valence-corrected chi connectivity index (χ1v) is 12.6. The van der Waals surface area contributed by atoms with E-state index < -0.39 is 0 Å².